The molecular formula is C24H18N2O. The van der Waals surface area contributed by atoms with Crippen molar-refractivity contribution < 1.29 is 5.11 Å². The Bertz CT molecular complexity index is 1260. The average molecular weight is 350 g/mol. The predicted octanol–water partition coefficient (Wildman–Crippen LogP) is 5.31. The lowest BCUT2D eigenvalue weighted by molar-refractivity contribution is 0.282. The number of benzene rings is 3. The molecule has 0 fully saturated rings. The summed E-state index contributed by atoms with van der Waals surface area (Å²) in [5, 5.41) is 11.8. The van der Waals surface area contributed by atoms with Crippen LogP contribution in [0.1, 0.15) is 5.56 Å². The van der Waals surface area contributed by atoms with Crippen molar-refractivity contribution in [3.8, 4) is 22.4 Å². The van der Waals surface area contributed by atoms with Crippen LogP contribution in [0.2, 0.25) is 0 Å². The quantitative estimate of drug-likeness (QED) is 0.478. The monoisotopic (exact) mass is 350 g/mol. The summed E-state index contributed by atoms with van der Waals surface area (Å²) in [6.07, 6.45) is 4.17. The van der Waals surface area contributed by atoms with E-state index in [-0.39, 0.29) is 6.61 Å². The van der Waals surface area contributed by atoms with Gasteiger partial charge in [0.05, 0.1) is 12.3 Å². The molecule has 0 amide bonds. The molecule has 0 saturated carbocycles. The molecule has 2 heterocycles. The van der Waals surface area contributed by atoms with Gasteiger partial charge in [0.15, 0.2) is 0 Å². The molecule has 0 saturated heterocycles. The Hall–Kier alpha value is -3.43. The van der Waals surface area contributed by atoms with Crippen molar-refractivity contribution in [3.05, 3.63) is 96.8 Å². The average Bonchev–Trinajstić information content (AvgIpc) is 3.16. The molecule has 0 atom stereocenters. The lowest BCUT2D eigenvalue weighted by Crippen LogP contribution is -1.87. The molecule has 0 unspecified atom stereocenters. The zero-order valence-electron chi connectivity index (χ0n) is 14.7. The normalized spacial score (nSPS) is 11.3. The number of aliphatic hydroxyl groups excluding tert-OH is 1. The van der Waals surface area contributed by atoms with Crippen LogP contribution in [-0.2, 0) is 6.61 Å². The molecular weight excluding hydrogens is 332 g/mol. The van der Waals surface area contributed by atoms with E-state index in [2.05, 4.69) is 71.4 Å². The van der Waals surface area contributed by atoms with E-state index in [0.29, 0.717) is 0 Å². The molecule has 27 heavy (non-hydrogen) atoms. The molecule has 3 heteroatoms. The van der Waals surface area contributed by atoms with Gasteiger partial charge in [0.1, 0.15) is 5.65 Å². The molecule has 1 N–H and O–H groups in total. The van der Waals surface area contributed by atoms with Gasteiger partial charge in [-0.25, -0.2) is 4.98 Å². The Morgan fingerprint density at radius 2 is 1.63 bits per heavy atom. The van der Waals surface area contributed by atoms with Crippen LogP contribution >= 0.6 is 0 Å². The van der Waals surface area contributed by atoms with E-state index >= 15 is 0 Å². The highest BCUT2D eigenvalue weighted by Crippen LogP contribution is 2.29. The summed E-state index contributed by atoms with van der Waals surface area (Å²) in [6.45, 7) is 0.0480. The summed E-state index contributed by atoms with van der Waals surface area (Å²) in [6, 6.07) is 26.8. The van der Waals surface area contributed by atoms with Crippen LogP contribution in [0.3, 0.4) is 0 Å². The van der Waals surface area contributed by atoms with E-state index in [1.54, 1.807) is 0 Å². The first-order valence-corrected chi connectivity index (χ1v) is 8.99. The molecule has 2 aromatic heterocycles. The maximum Gasteiger partial charge on any atom is 0.137 e. The van der Waals surface area contributed by atoms with Gasteiger partial charge in [-0.3, -0.25) is 0 Å². The number of rotatable bonds is 3. The summed E-state index contributed by atoms with van der Waals surface area (Å²) < 4.78 is 2.07. The summed E-state index contributed by atoms with van der Waals surface area (Å²) in [5.74, 6) is 0. The van der Waals surface area contributed by atoms with Gasteiger partial charge >= 0.3 is 0 Å². The van der Waals surface area contributed by atoms with Gasteiger partial charge in [0.2, 0.25) is 0 Å². The zero-order valence-corrected chi connectivity index (χ0v) is 14.7. The van der Waals surface area contributed by atoms with Crippen molar-refractivity contribution in [2.45, 2.75) is 6.61 Å². The molecule has 3 nitrogen and oxygen atoms in total. The Morgan fingerprint density at radius 1 is 0.778 bits per heavy atom. The molecule has 0 aliphatic heterocycles. The maximum absolute atomic E-state index is 9.38. The van der Waals surface area contributed by atoms with Gasteiger partial charge in [0.25, 0.3) is 0 Å². The SMILES string of the molecule is OCc1cccc(-c2ccc3nc(-c4cccc5ccccc45)cn3c2)c1. The maximum atomic E-state index is 9.38. The second-order valence-corrected chi connectivity index (χ2v) is 6.69. The minimum absolute atomic E-state index is 0.0480. The Balaban J connectivity index is 1.63. The molecule has 0 aliphatic rings. The fourth-order valence-electron chi connectivity index (χ4n) is 3.59. The number of fused-ring (bicyclic) bond motifs is 2. The third-order valence-corrected chi connectivity index (χ3v) is 4.96. The number of nitrogens with zero attached hydrogens (tertiary/aromatic N) is 2. The molecule has 5 aromatic rings. The van der Waals surface area contributed by atoms with Gasteiger partial charge in [-0.2, -0.15) is 0 Å². The van der Waals surface area contributed by atoms with E-state index in [0.717, 1.165) is 33.6 Å². The topological polar surface area (TPSA) is 37.5 Å². The minimum atomic E-state index is 0.0480. The van der Waals surface area contributed by atoms with Gasteiger partial charge in [-0.15, -0.1) is 0 Å². The van der Waals surface area contributed by atoms with Crippen molar-refractivity contribution >= 4 is 16.4 Å². The highest BCUT2D eigenvalue weighted by molar-refractivity contribution is 5.96. The molecule has 5 rings (SSSR count). The first-order chi connectivity index (χ1) is 13.3. The standard InChI is InChI=1S/C24H18N2O/c27-16-17-5-3-8-19(13-17)20-11-12-24-25-23(15-26(24)14-20)22-10-4-7-18-6-1-2-9-21(18)22/h1-15,27H,16H2. The summed E-state index contributed by atoms with van der Waals surface area (Å²) in [7, 11) is 0. The third kappa shape index (κ3) is 2.78. The molecule has 130 valence electrons. The van der Waals surface area contributed by atoms with Crippen molar-refractivity contribution in [1.82, 2.24) is 9.38 Å². The first kappa shape index (κ1) is 15.8. The molecule has 0 spiro atoms. The molecule has 3 aromatic carbocycles. The van der Waals surface area contributed by atoms with Crippen molar-refractivity contribution in [3.63, 3.8) is 0 Å². The highest BCUT2D eigenvalue weighted by Gasteiger charge is 2.09. The lowest BCUT2D eigenvalue weighted by Gasteiger charge is -2.04. The number of hydrogen-bond acceptors (Lipinski definition) is 2. The van der Waals surface area contributed by atoms with Crippen LogP contribution in [0.15, 0.2) is 91.3 Å². The third-order valence-electron chi connectivity index (χ3n) is 4.96. The van der Waals surface area contributed by atoms with Gasteiger partial charge < -0.3 is 9.51 Å². The fraction of sp³-hybridized carbons (Fsp3) is 0.0417. The predicted molar refractivity (Wildman–Crippen MR) is 109 cm³/mol. The van der Waals surface area contributed by atoms with E-state index in [9.17, 15) is 5.11 Å². The van der Waals surface area contributed by atoms with Crippen LogP contribution < -0.4 is 0 Å². The van der Waals surface area contributed by atoms with E-state index in [1.807, 2.05) is 24.3 Å². The van der Waals surface area contributed by atoms with Crippen LogP contribution in [0.25, 0.3) is 38.8 Å². The van der Waals surface area contributed by atoms with E-state index in [1.165, 1.54) is 10.8 Å². The van der Waals surface area contributed by atoms with Crippen LogP contribution in [0, 0.1) is 0 Å². The Labute approximate surface area is 157 Å². The van der Waals surface area contributed by atoms with Crippen LogP contribution in [-0.4, -0.2) is 14.5 Å². The minimum Gasteiger partial charge on any atom is -0.392 e. The molecule has 0 bridgehead atoms. The lowest BCUT2D eigenvalue weighted by atomic mass is 10.0. The number of aromatic nitrogens is 2. The Morgan fingerprint density at radius 3 is 2.56 bits per heavy atom. The number of pyridine rings is 1. The largest absolute Gasteiger partial charge is 0.392 e. The molecule has 0 radical (unpaired) electrons. The smallest absolute Gasteiger partial charge is 0.137 e. The van der Waals surface area contributed by atoms with E-state index < -0.39 is 0 Å². The number of hydrogen-bond donors (Lipinski definition) is 1. The van der Waals surface area contributed by atoms with Crippen molar-refractivity contribution in [2.24, 2.45) is 0 Å². The van der Waals surface area contributed by atoms with Crippen LogP contribution in [0.5, 0.6) is 0 Å². The van der Waals surface area contributed by atoms with E-state index in [4.69, 9.17) is 4.98 Å². The van der Waals surface area contributed by atoms with Crippen LogP contribution in [0.4, 0.5) is 0 Å². The van der Waals surface area contributed by atoms with Gasteiger partial charge in [-0.1, -0.05) is 60.7 Å². The summed E-state index contributed by atoms with van der Waals surface area (Å²) >= 11 is 0. The first-order valence-electron chi connectivity index (χ1n) is 8.99. The van der Waals surface area contributed by atoms with Crippen molar-refractivity contribution in [2.75, 3.05) is 0 Å². The number of imidazole rings is 1. The highest BCUT2D eigenvalue weighted by atomic mass is 16.3. The molecule has 0 aliphatic carbocycles. The van der Waals surface area contributed by atoms with Gasteiger partial charge in [-0.05, 0) is 45.7 Å². The fourth-order valence-corrected chi connectivity index (χ4v) is 3.59. The van der Waals surface area contributed by atoms with Crippen molar-refractivity contribution in [1.29, 1.82) is 0 Å². The Kier molecular flexibility index (Phi) is 3.73. The van der Waals surface area contributed by atoms with Gasteiger partial charge in [0, 0.05) is 18.0 Å². The summed E-state index contributed by atoms with van der Waals surface area (Å²) in [4.78, 5) is 4.82. The second-order valence-electron chi connectivity index (χ2n) is 6.69. The second kappa shape index (κ2) is 6.38. The number of aliphatic hydroxyl groups is 1. The zero-order chi connectivity index (χ0) is 18.2. The summed E-state index contributed by atoms with van der Waals surface area (Å²) in [5.41, 5.74) is 6.12.